The van der Waals surface area contributed by atoms with Crippen LogP contribution in [0.3, 0.4) is 0 Å². The lowest BCUT2D eigenvalue weighted by Crippen LogP contribution is -2.58. The van der Waals surface area contributed by atoms with Crippen LogP contribution in [0, 0.1) is 0 Å². The second-order valence-electron chi connectivity index (χ2n) is 6.11. The lowest BCUT2D eigenvalue weighted by Gasteiger charge is -2.38. The van der Waals surface area contributed by atoms with Crippen LogP contribution in [-0.4, -0.2) is 98.0 Å². The molecule has 0 aliphatic rings. The Morgan fingerprint density at radius 2 is 1.31 bits per heavy atom. The first-order chi connectivity index (χ1) is 7.12. The van der Waals surface area contributed by atoms with Crippen LogP contribution in [0.25, 0.3) is 0 Å². The van der Waals surface area contributed by atoms with Gasteiger partial charge in [0.1, 0.15) is 19.1 Å². The summed E-state index contributed by atoms with van der Waals surface area (Å²) < 4.78 is 1.12. The lowest BCUT2D eigenvalue weighted by molar-refractivity contribution is -0.926. The second-order valence-corrected chi connectivity index (χ2v) is 6.11. The van der Waals surface area contributed by atoms with Crippen LogP contribution in [-0.2, 0) is 0 Å². The summed E-state index contributed by atoms with van der Waals surface area (Å²) in [6.07, 6.45) is -0.435. The van der Waals surface area contributed by atoms with Gasteiger partial charge in [0, 0.05) is 0 Å². The van der Waals surface area contributed by atoms with E-state index in [1.54, 1.807) is 0 Å². The molecule has 3 N–H and O–H groups in total. The molecule has 98 valence electrons. The first-order valence-corrected chi connectivity index (χ1v) is 5.65. The molecule has 0 heterocycles. The fourth-order valence-corrected chi connectivity index (χ4v) is 1.88. The fraction of sp³-hybridized carbons (Fsp3) is 1.00. The number of aliphatic hydroxyl groups is 3. The van der Waals surface area contributed by atoms with Crippen LogP contribution in [0.4, 0.5) is 0 Å². The molecule has 5 heteroatoms. The van der Waals surface area contributed by atoms with Gasteiger partial charge in [-0.15, -0.1) is 0 Å². The minimum atomic E-state index is -0.435. The first kappa shape index (κ1) is 15.8. The van der Waals surface area contributed by atoms with Gasteiger partial charge in [-0.3, -0.25) is 0 Å². The Kier molecular flexibility index (Phi) is 5.86. The molecule has 0 aliphatic carbocycles. The number of rotatable bonds is 7. The van der Waals surface area contributed by atoms with Crippen molar-refractivity contribution in [3.05, 3.63) is 0 Å². The van der Waals surface area contributed by atoms with Gasteiger partial charge in [0.05, 0.1) is 48.5 Å². The summed E-state index contributed by atoms with van der Waals surface area (Å²) in [5, 5.41) is 28.3. The normalized spacial score (nSPS) is 15.6. The summed E-state index contributed by atoms with van der Waals surface area (Å²) in [6.45, 7) is 1.05. The summed E-state index contributed by atoms with van der Waals surface area (Å²) in [5.74, 6) is 0. The van der Waals surface area contributed by atoms with E-state index in [1.807, 2.05) is 35.2 Å². The molecular weight excluding hydrogens is 208 g/mol. The fourth-order valence-electron chi connectivity index (χ4n) is 1.88. The molecule has 0 saturated carbocycles. The van der Waals surface area contributed by atoms with Crippen molar-refractivity contribution in [2.75, 3.05) is 61.5 Å². The zero-order valence-corrected chi connectivity index (χ0v) is 11.2. The van der Waals surface area contributed by atoms with Crippen LogP contribution in [0.2, 0.25) is 0 Å². The van der Waals surface area contributed by atoms with Crippen molar-refractivity contribution < 1.29 is 24.3 Å². The molecule has 0 saturated heterocycles. The van der Waals surface area contributed by atoms with Crippen molar-refractivity contribution >= 4 is 0 Å². The minimum absolute atomic E-state index is 0.0689. The van der Waals surface area contributed by atoms with Gasteiger partial charge in [0.15, 0.2) is 6.10 Å². The maximum Gasteiger partial charge on any atom is 0.152 e. The molecule has 0 aliphatic heterocycles. The molecule has 0 spiro atoms. The minimum Gasteiger partial charge on any atom is -0.390 e. The monoisotopic (exact) mass is 236 g/mol. The van der Waals surface area contributed by atoms with Crippen molar-refractivity contribution in [2.24, 2.45) is 0 Å². The molecule has 5 nitrogen and oxygen atoms in total. The van der Waals surface area contributed by atoms with E-state index in [4.69, 9.17) is 10.2 Å². The van der Waals surface area contributed by atoms with Gasteiger partial charge in [0.2, 0.25) is 0 Å². The number of nitrogens with zero attached hydrogens (tertiary/aromatic N) is 2. The van der Waals surface area contributed by atoms with Crippen molar-refractivity contribution in [1.29, 1.82) is 0 Å². The van der Waals surface area contributed by atoms with E-state index in [9.17, 15) is 5.11 Å². The zero-order valence-electron chi connectivity index (χ0n) is 11.2. The van der Waals surface area contributed by atoms with E-state index in [0.717, 1.165) is 0 Å². The second kappa shape index (κ2) is 5.93. The molecule has 0 aromatic rings. The van der Waals surface area contributed by atoms with Gasteiger partial charge < -0.3 is 24.3 Å². The summed E-state index contributed by atoms with van der Waals surface area (Å²) in [6, 6.07) is -0.234. The number of aliphatic hydroxyl groups excluding tert-OH is 3. The van der Waals surface area contributed by atoms with E-state index in [2.05, 4.69) is 0 Å². The van der Waals surface area contributed by atoms with Gasteiger partial charge in [-0.05, 0) is 0 Å². The Morgan fingerprint density at radius 3 is 1.62 bits per heavy atom. The molecule has 0 amide bonds. The number of quaternary nitrogens is 2. The maximum atomic E-state index is 9.97. The van der Waals surface area contributed by atoms with Crippen molar-refractivity contribution in [3.8, 4) is 0 Å². The van der Waals surface area contributed by atoms with Gasteiger partial charge in [-0.25, -0.2) is 0 Å². The first-order valence-electron chi connectivity index (χ1n) is 5.65. The lowest BCUT2D eigenvalue weighted by atomic mass is 10.2. The summed E-state index contributed by atoms with van der Waals surface area (Å²) in [4.78, 5) is 0. The Hall–Kier alpha value is -0.200. The van der Waals surface area contributed by atoms with Gasteiger partial charge in [-0.2, -0.15) is 0 Å². The van der Waals surface area contributed by atoms with E-state index in [-0.39, 0.29) is 19.3 Å². The molecule has 1 unspecified atom stereocenters. The molecule has 0 aromatic carbocycles. The van der Waals surface area contributed by atoms with Crippen molar-refractivity contribution in [2.45, 2.75) is 12.1 Å². The molecular formula is C11H28N2O3+2. The van der Waals surface area contributed by atoms with Crippen LogP contribution >= 0.6 is 0 Å². The Morgan fingerprint density at radius 1 is 0.875 bits per heavy atom. The third-order valence-corrected chi connectivity index (χ3v) is 2.85. The highest BCUT2D eigenvalue weighted by Crippen LogP contribution is 2.09. The van der Waals surface area contributed by atoms with Gasteiger partial charge in [0.25, 0.3) is 0 Å². The molecule has 0 bridgehead atoms. The van der Waals surface area contributed by atoms with Crippen LogP contribution < -0.4 is 0 Å². The average Bonchev–Trinajstić information content (AvgIpc) is 1.99. The standard InChI is InChI=1S/C11H28N2O3/c1-12(2,3)6-11(16)7-13(4,5)10(8-14)9-15/h10-11,14-16H,6-9H2,1-5H3/q+2. The molecule has 0 radical (unpaired) electrons. The summed E-state index contributed by atoms with van der Waals surface area (Å²) >= 11 is 0. The molecule has 0 rings (SSSR count). The molecule has 16 heavy (non-hydrogen) atoms. The highest BCUT2D eigenvalue weighted by atomic mass is 16.3. The summed E-state index contributed by atoms with van der Waals surface area (Å²) in [7, 11) is 9.91. The predicted octanol–water partition coefficient (Wildman–Crippen LogP) is -1.52. The van der Waals surface area contributed by atoms with E-state index in [1.165, 1.54) is 0 Å². The number of hydrogen-bond donors (Lipinski definition) is 3. The summed E-state index contributed by atoms with van der Waals surface area (Å²) in [5.41, 5.74) is 0. The predicted molar refractivity (Wildman–Crippen MR) is 63.8 cm³/mol. The molecule has 0 aromatic heterocycles. The van der Waals surface area contributed by atoms with Crippen molar-refractivity contribution in [3.63, 3.8) is 0 Å². The smallest absolute Gasteiger partial charge is 0.152 e. The Labute approximate surface area is 98.7 Å². The topological polar surface area (TPSA) is 60.7 Å². The molecule has 1 atom stereocenters. The quantitative estimate of drug-likeness (QED) is 0.471. The Bertz CT molecular complexity index is 198. The zero-order chi connectivity index (χ0) is 13.0. The highest BCUT2D eigenvalue weighted by molar-refractivity contribution is 4.58. The van der Waals surface area contributed by atoms with Crippen LogP contribution in [0.1, 0.15) is 0 Å². The highest BCUT2D eigenvalue weighted by Gasteiger charge is 2.31. The van der Waals surface area contributed by atoms with Gasteiger partial charge in [-0.1, -0.05) is 0 Å². The number of likely N-dealkylation sites (N-methyl/N-ethyl adjacent to an activating group) is 2. The maximum absolute atomic E-state index is 9.97. The van der Waals surface area contributed by atoms with E-state index in [0.29, 0.717) is 22.1 Å². The van der Waals surface area contributed by atoms with E-state index >= 15 is 0 Å². The van der Waals surface area contributed by atoms with Crippen LogP contribution in [0.15, 0.2) is 0 Å². The largest absolute Gasteiger partial charge is 0.390 e. The van der Waals surface area contributed by atoms with Gasteiger partial charge >= 0.3 is 0 Å². The Balaban J connectivity index is 4.34. The van der Waals surface area contributed by atoms with Crippen molar-refractivity contribution in [1.82, 2.24) is 0 Å². The number of hydrogen-bond acceptors (Lipinski definition) is 3. The molecule has 0 fully saturated rings. The SMILES string of the molecule is C[N+](C)(C)CC(O)C[N+](C)(C)C(CO)CO. The van der Waals surface area contributed by atoms with E-state index < -0.39 is 6.10 Å². The average molecular weight is 236 g/mol. The third-order valence-electron chi connectivity index (χ3n) is 2.85. The third kappa shape index (κ3) is 5.77. The van der Waals surface area contributed by atoms with Crippen LogP contribution in [0.5, 0.6) is 0 Å².